The van der Waals surface area contributed by atoms with Crippen molar-refractivity contribution < 1.29 is 4.79 Å². The molecule has 4 rings (SSSR count). The van der Waals surface area contributed by atoms with Gasteiger partial charge in [-0.05, 0) is 55.4 Å². The summed E-state index contributed by atoms with van der Waals surface area (Å²) in [6, 6.07) is 11.0. The summed E-state index contributed by atoms with van der Waals surface area (Å²) in [5.74, 6) is 1.09. The molecule has 2 heterocycles. The molecule has 0 aliphatic heterocycles. The van der Waals surface area contributed by atoms with Crippen LogP contribution in [0.4, 0.5) is 5.69 Å². The fraction of sp³-hybridized carbons (Fsp3) is 0.350. The van der Waals surface area contributed by atoms with E-state index >= 15 is 0 Å². The Balaban J connectivity index is 1.62. The van der Waals surface area contributed by atoms with E-state index in [1.54, 1.807) is 28.9 Å². The van der Waals surface area contributed by atoms with Crippen molar-refractivity contribution in [1.82, 2.24) is 19.1 Å². The van der Waals surface area contributed by atoms with Gasteiger partial charge in [0.25, 0.3) is 0 Å². The molecule has 1 saturated carbocycles. The van der Waals surface area contributed by atoms with Gasteiger partial charge in [0.2, 0.25) is 10.7 Å². The number of nitrogens with zero attached hydrogens (tertiary/aromatic N) is 4. The Morgan fingerprint density at radius 2 is 1.93 bits per heavy atom. The largest absolute Gasteiger partial charge is 0.324 e. The third-order valence-corrected chi connectivity index (χ3v) is 5.65. The van der Waals surface area contributed by atoms with Crippen molar-refractivity contribution >= 4 is 35.4 Å². The van der Waals surface area contributed by atoms with Gasteiger partial charge in [-0.3, -0.25) is 9.47 Å². The average molecular weight is 416 g/mol. The van der Waals surface area contributed by atoms with Crippen LogP contribution < -0.4 is 5.32 Å². The van der Waals surface area contributed by atoms with Crippen molar-refractivity contribution in [2.75, 3.05) is 5.32 Å². The van der Waals surface area contributed by atoms with E-state index in [0.717, 1.165) is 18.7 Å². The van der Waals surface area contributed by atoms with Crippen molar-refractivity contribution in [3.63, 3.8) is 0 Å². The Morgan fingerprint density at radius 1 is 1.18 bits per heavy atom. The van der Waals surface area contributed by atoms with Gasteiger partial charge in [-0.1, -0.05) is 36.9 Å². The van der Waals surface area contributed by atoms with Gasteiger partial charge >= 0.3 is 0 Å². The van der Waals surface area contributed by atoms with Crippen LogP contribution in [0.2, 0.25) is 5.02 Å². The van der Waals surface area contributed by atoms with E-state index in [1.807, 2.05) is 33.9 Å². The number of hydrogen-bond acceptors (Lipinski definition) is 3. The number of anilines is 1. The first-order valence-electron chi connectivity index (χ1n) is 9.50. The maximum atomic E-state index is 12.6. The van der Waals surface area contributed by atoms with Crippen LogP contribution in [-0.2, 0) is 11.3 Å². The molecule has 6 nitrogen and oxygen atoms in total. The molecule has 0 atom stereocenters. The van der Waals surface area contributed by atoms with Crippen molar-refractivity contribution in [2.45, 2.75) is 44.6 Å². The molecule has 0 unspecified atom stereocenters. The predicted octanol–water partition coefficient (Wildman–Crippen LogP) is 4.87. The summed E-state index contributed by atoms with van der Waals surface area (Å²) in [4.78, 5) is 12.6. The van der Waals surface area contributed by atoms with Gasteiger partial charge in [-0.2, -0.15) is 5.10 Å². The van der Waals surface area contributed by atoms with E-state index in [-0.39, 0.29) is 12.5 Å². The van der Waals surface area contributed by atoms with Crippen molar-refractivity contribution in [3.05, 3.63) is 64.4 Å². The molecule has 1 N–H and O–H groups in total. The van der Waals surface area contributed by atoms with Crippen molar-refractivity contribution in [2.24, 2.45) is 0 Å². The molecule has 1 amide bonds. The van der Waals surface area contributed by atoms with Crippen molar-refractivity contribution in [1.29, 1.82) is 0 Å². The summed E-state index contributed by atoms with van der Waals surface area (Å²) < 4.78 is 6.00. The molecule has 146 valence electrons. The minimum Gasteiger partial charge on any atom is -0.324 e. The van der Waals surface area contributed by atoms with Gasteiger partial charge in [-0.25, -0.2) is 9.36 Å². The normalized spacial score (nSPS) is 14.9. The van der Waals surface area contributed by atoms with Crippen LogP contribution in [0.25, 0.3) is 0 Å². The van der Waals surface area contributed by atoms with Gasteiger partial charge in [-0.15, -0.1) is 0 Å². The zero-order valence-corrected chi connectivity index (χ0v) is 17.0. The molecular formula is C20H22ClN5OS. The average Bonchev–Trinajstić information content (AvgIpc) is 3.31. The Bertz CT molecular complexity index is 1020. The highest BCUT2D eigenvalue weighted by molar-refractivity contribution is 7.71. The highest BCUT2D eigenvalue weighted by atomic mass is 35.5. The summed E-state index contributed by atoms with van der Waals surface area (Å²) in [5, 5.41) is 8.19. The molecule has 0 saturated heterocycles. The maximum Gasteiger partial charge on any atom is 0.246 e. The molecule has 1 aromatic carbocycles. The number of carbonyl (C=O) groups excluding carboxylic acids is 1. The van der Waals surface area contributed by atoms with Gasteiger partial charge < -0.3 is 5.32 Å². The van der Waals surface area contributed by atoms with Crippen LogP contribution in [0.1, 0.15) is 43.8 Å². The standard InChI is InChI=1S/C20H22ClN5OS/c21-16-9-6-10-17(13-16)22-18(27)14-25-20(28)26(24-11-4-5-12-24)19(23-25)15-7-2-1-3-8-15/h4-6,9-13,15H,1-3,7-8,14H2,(H,22,27). The van der Waals surface area contributed by atoms with Crippen LogP contribution in [0.5, 0.6) is 0 Å². The summed E-state index contributed by atoms with van der Waals surface area (Å²) in [5.41, 5.74) is 0.654. The summed E-state index contributed by atoms with van der Waals surface area (Å²) >= 11 is 11.7. The fourth-order valence-corrected chi connectivity index (χ4v) is 4.20. The van der Waals surface area contributed by atoms with E-state index in [9.17, 15) is 4.79 Å². The number of carbonyl (C=O) groups is 1. The van der Waals surface area contributed by atoms with Crippen LogP contribution in [0.3, 0.4) is 0 Å². The smallest absolute Gasteiger partial charge is 0.246 e. The Morgan fingerprint density at radius 3 is 2.64 bits per heavy atom. The van der Waals surface area contributed by atoms with Crippen LogP contribution in [0, 0.1) is 4.77 Å². The van der Waals surface area contributed by atoms with Crippen LogP contribution in [0.15, 0.2) is 48.8 Å². The third kappa shape index (κ3) is 4.05. The lowest BCUT2D eigenvalue weighted by Crippen LogP contribution is -2.20. The molecule has 28 heavy (non-hydrogen) atoms. The molecule has 0 radical (unpaired) electrons. The molecular weight excluding hydrogens is 394 g/mol. The van der Waals surface area contributed by atoms with E-state index in [0.29, 0.717) is 21.4 Å². The number of amides is 1. The van der Waals surface area contributed by atoms with Crippen LogP contribution >= 0.6 is 23.8 Å². The van der Waals surface area contributed by atoms with E-state index in [4.69, 9.17) is 28.9 Å². The molecule has 0 spiro atoms. The van der Waals surface area contributed by atoms with Gasteiger partial charge in [0.15, 0.2) is 5.82 Å². The quantitative estimate of drug-likeness (QED) is 0.605. The topological polar surface area (TPSA) is 56.8 Å². The predicted molar refractivity (Wildman–Crippen MR) is 112 cm³/mol. The highest BCUT2D eigenvalue weighted by Crippen LogP contribution is 2.32. The number of halogens is 1. The molecule has 0 bridgehead atoms. The number of benzene rings is 1. The van der Waals surface area contributed by atoms with Crippen molar-refractivity contribution in [3.8, 4) is 0 Å². The molecule has 3 aromatic rings. The minimum atomic E-state index is -0.189. The molecule has 1 aliphatic carbocycles. The number of nitrogens with one attached hydrogen (secondary N) is 1. The second-order valence-electron chi connectivity index (χ2n) is 7.07. The first-order chi connectivity index (χ1) is 13.6. The molecule has 1 aliphatic rings. The van der Waals surface area contributed by atoms with E-state index in [2.05, 4.69) is 5.32 Å². The number of rotatable bonds is 5. The summed E-state index contributed by atoms with van der Waals surface area (Å²) in [6.45, 7) is 0.0549. The van der Waals surface area contributed by atoms with Gasteiger partial charge in [0, 0.05) is 29.0 Å². The van der Waals surface area contributed by atoms with Gasteiger partial charge in [0.05, 0.1) is 0 Å². The van der Waals surface area contributed by atoms with E-state index < -0.39 is 0 Å². The lowest BCUT2D eigenvalue weighted by molar-refractivity contribution is -0.116. The highest BCUT2D eigenvalue weighted by Gasteiger charge is 2.24. The monoisotopic (exact) mass is 415 g/mol. The second-order valence-corrected chi connectivity index (χ2v) is 7.87. The first kappa shape index (κ1) is 19.0. The fourth-order valence-electron chi connectivity index (χ4n) is 3.71. The Hall–Kier alpha value is -2.38. The second kappa shape index (κ2) is 8.32. The number of aromatic nitrogens is 4. The molecule has 2 aromatic heterocycles. The van der Waals surface area contributed by atoms with E-state index in [1.165, 1.54) is 19.3 Å². The molecule has 1 fully saturated rings. The lowest BCUT2D eigenvalue weighted by Gasteiger charge is -2.21. The Labute approximate surface area is 173 Å². The lowest BCUT2D eigenvalue weighted by atomic mass is 9.89. The zero-order valence-electron chi connectivity index (χ0n) is 15.4. The molecule has 8 heteroatoms. The zero-order chi connectivity index (χ0) is 19.5. The summed E-state index contributed by atoms with van der Waals surface area (Å²) in [6.07, 6.45) is 9.75. The summed E-state index contributed by atoms with van der Waals surface area (Å²) in [7, 11) is 0. The SMILES string of the molecule is O=C(Cn1nc(C2CCCCC2)n(-n2cccc2)c1=S)Nc1cccc(Cl)c1. The minimum absolute atomic E-state index is 0.0549. The van der Waals surface area contributed by atoms with Gasteiger partial charge in [0.1, 0.15) is 6.54 Å². The third-order valence-electron chi connectivity index (χ3n) is 5.03. The Kier molecular flexibility index (Phi) is 5.64. The maximum absolute atomic E-state index is 12.6. The van der Waals surface area contributed by atoms with Crippen LogP contribution in [-0.4, -0.2) is 25.0 Å². The first-order valence-corrected chi connectivity index (χ1v) is 10.3. The number of hydrogen-bond donors (Lipinski definition) is 1.